The molecule has 1 atom stereocenters. The van der Waals surface area contributed by atoms with Crippen molar-refractivity contribution in [3.05, 3.63) is 52.6 Å². The third-order valence-electron chi connectivity index (χ3n) is 2.24. The molecule has 0 aliphatic rings. The van der Waals surface area contributed by atoms with Crippen LogP contribution in [0.2, 0.25) is 0 Å². The first-order valence-electron chi connectivity index (χ1n) is 5.06. The smallest absolute Gasteiger partial charge is 0.335 e. The molecule has 0 spiro atoms. The van der Waals surface area contributed by atoms with Gasteiger partial charge in [0.25, 0.3) is 5.91 Å². The first-order chi connectivity index (χ1) is 8.16. The molecule has 2 heterocycles. The van der Waals surface area contributed by atoms with Crippen LogP contribution in [-0.4, -0.2) is 15.9 Å². The Hall–Kier alpha value is -2.37. The number of nitrogens with zero attached hydrogens (tertiary/aromatic N) is 1. The van der Waals surface area contributed by atoms with Gasteiger partial charge >= 0.3 is 5.63 Å². The van der Waals surface area contributed by atoms with E-state index in [-0.39, 0.29) is 11.9 Å². The predicted molar refractivity (Wildman–Crippen MR) is 59.4 cm³/mol. The minimum absolute atomic E-state index is 0.246. The van der Waals surface area contributed by atoms with E-state index in [4.69, 9.17) is 0 Å². The summed E-state index contributed by atoms with van der Waals surface area (Å²) in [6.45, 7) is 1.80. The van der Waals surface area contributed by atoms with Crippen molar-refractivity contribution in [3.8, 4) is 0 Å². The van der Waals surface area contributed by atoms with E-state index >= 15 is 0 Å². The van der Waals surface area contributed by atoms with Crippen LogP contribution in [0.25, 0.3) is 0 Å². The molecule has 2 aromatic rings. The summed E-state index contributed by atoms with van der Waals surface area (Å²) < 4.78 is 4.61. The number of aromatic nitrogens is 2. The molecule has 0 saturated heterocycles. The summed E-state index contributed by atoms with van der Waals surface area (Å²) in [5.41, 5.74) is -0.191. The minimum Gasteiger partial charge on any atom is -0.430 e. The molecular weight excluding hydrogens is 222 g/mol. The Labute approximate surface area is 96.7 Å². The Balaban J connectivity index is 2.07. The molecule has 17 heavy (non-hydrogen) atoms. The van der Waals surface area contributed by atoms with E-state index in [0.717, 1.165) is 6.26 Å². The summed E-state index contributed by atoms with van der Waals surface area (Å²) in [6.07, 6.45) is 4.42. The van der Waals surface area contributed by atoms with Gasteiger partial charge in [0.2, 0.25) is 0 Å². The lowest BCUT2D eigenvalue weighted by Crippen LogP contribution is -2.27. The van der Waals surface area contributed by atoms with Crippen molar-refractivity contribution in [2.75, 3.05) is 0 Å². The quantitative estimate of drug-likeness (QED) is 0.822. The summed E-state index contributed by atoms with van der Waals surface area (Å²) in [5, 5.41) is 2.72. The van der Waals surface area contributed by atoms with Crippen LogP contribution >= 0.6 is 0 Å². The number of nitrogens with one attached hydrogen (secondary N) is 2. The molecule has 1 unspecified atom stereocenters. The van der Waals surface area contributed by atoms with E-state index < -0.39 is 5.63 Å². The Kier molecular flexibility index (Phi) is 3.04. The lowest BCUT2D eigenvalue weighted by atomic mass is 10.2. The van der Waals surface area contributed by atoms with Crippen molar-refractivity contribution >= 4 is 5.91 Å². The van der Waals surface area contributed by atoms with Crippen LogP contribution in [0.15, 0.2) is 40.0 Å². The topological polar surface area (TPSA) is 88.0 Å². The molecule has 0 radical (unpaired) electrons. The van der Waals surface area contributed by atoms with E-state index in [1.54, 1.807) is 19.3 Å². The highest BCUT2D eigenvalue weighted by Gasteiger charge is 2.13. The molecule has 0 aliphatic carbocycles. The molecule has 1 amide bonds. The van der Waals surface area contributed by atoms with Crippen LogP contribution in [0.4, 0.5) is 0 Å². The normalized spacial score (nSPS) is 12.1. The van der Waals surface area contributed by atoms with Gasteiger partial charge < -0.3 is 14.7 Å². The molecule has 0 fully saturated rings. The van der Waals surface area contributed by atoms with Gasteiger partial charge in [0.1, 0.15) is 12.1 Å². The van der Waals surface area contributed by atoms with Crippen LogP contribution in [-0.2, 0) is 0 Å². The summed E-state index contributed by atoms with van der Waals surface area (Å²) in [6, 6.07) is 2.37. The second-order valence-corrected chi connectivity index (χ2v) is 3.51. The van der Waals surface area contributed by atoms with Crippen molar-refractivity contribution < 1.29 is 9.21 Å². The fraction of sp³-hybridized carbons (Fsp3) is 0.182. The molecule has 6 heteroatoms. The van der Waals surface area contributed by atoms with Gasteiger partial charge in [0.05, 0.1) is 11.6 Å². The maximum absolute atomic E-state index is 11.7. The number of rotatable bonds is 3. The maximum atomic E-state index is 11.7. The zero-order chi connectivity index (χ0) is 12.3. The van der Waals surface area contributed by atoms with Gasteiger partial charge in [-0.2, -0.15) is 0 Å². The molecule has 2 aromatic heterocycles. The number of H-pyrrole nitrogens is 1. The van der Waals surface area contributed by atoms with Gasteiger partial charge in [-0.1, -0.05) is 0 Å². The number of hydrogen-bond acceptors (Lipinski definition) is 4. The van der Waals surface area contributed by atoms with Crippen LogP contribution in [0, 0.1) is 0 Å². The molecule has 0 bridgehead atoms. The monoisotopic (exact) mass is 233 g/mol. The average Bonchev–Trinajstić information content (AvgIpc) is 2.83. The Morgan fingerprint density at radius 1 is 1.53 bits per heavy atom. The lowest BCUT2D eigenvalue weighted by Gasteiger charge is -2.10. The second-order valence-electron chi connectivity index (χ2n) is 3.51. The van der Waals surface area contributed by atoms with E-state index in [2.05, 4.69) is 19.7 Å². The molecular formula is C11H11N3O3. The second kappa shape index (κ2) is 4.65. The van der Waals surface area contributed by atoms with Crippen LogP contribution in [0.1, 0.15) is 29.1 Å². The molecule has 88 valence electrons. The van der Waals surface area contributed by atoms with Crippen molar-refractivity contribution in [2.45, 2.75) is 13.0 Å². The first kappa shape index (κ1) is 11.1. The van der Waals surface area contributed by atoms with Crippen molar-refractivity contribution in [3.63, 3.8) is 0 Å². The van der Waals surface area contributed by atoms with Crippen molar-refractivity contribution in [2.24, 2.45) is 0 Å². The average molecular weight is 233 g/mol. The zero-order valence-electron chi connectivity index (χ0n) is 9.14. The minimum atomic E-state index is -0.486. The number of carbonyl (C=O) groups is 1. The highest BCUT2D eigenvalue weighted by atomic mass is 16.4. The van der Waals surface area contributed by atoms with Crippen LogP contribution in [0.5, 0.6) is 0 Å². The number of carbonyl (C=O) groups excluding carboxylic acids is 1. The number of imidazole rings is 1. The van der Waals surface area contributed by atoms with Crippen LogP contribution in [0.3, 0.4) is 0 Å². The molecule has 2 rings (SSSR count). The fourth-order valence-corrected chi connectivity index (χ4v) is 1.35. The Morgan fingerprint density at radius 2 is 2.35 bits per heavy atom. The number of hydrogen-bond donors (Lipinski definition) is 2. The number of aromatic amines is 1. The Bertz CT molecular complexity index is 539. The van der Waals surface area contributed by atoms with E-state index in [0.29, 0.717) is 11.4 Å². The van der Waals surface area contributed by atoms with Gasteiger partial charge in [0, 0.05) is 18.5 Å². The molecule has 2 N–H and O–H groups in total. The zero-order valence-corrected chi connectivity index (χ0v) is 9.14. The fourth-order valence-electron chi connectivity index (χ4n) is 1.35. The highest BCUT2D eigenvalue weighted by molar-refractivity contribution is 5.93. The maximum Gasteiger partial charge on any atom is 0.335 e. The van der Waals surface area contributed by atoms with Gasteiger partial charge in [-0.05, 0) is 13.0 Å². The third kappa shape index (κ3) is 2.60. The molecule has 0 aromatic carbocycles. The van der Waals surface area contributed by atoms with Gasteiger partial charge in [-0.15, -0.1) is 0 Å². The van der Waals surface area contributed by atoms with Crippen LogP contribution < -0.4 is 10.9 Å². The van der Waals surface area contributed by atoms with Crippen molar-refractivity contribution in [1.82, 2.24) is 15.3 Å². The summed E-state index contributed by atoms with van der Waals surface area (Å²) in [7, 11) is 0. The molecule has 0 aliphatic heterocycles. The standard InChI is InChI=1S/C11H11N3O3/c1-7(10-12-4-5-13-10)14-11(16)8-2-3-9(15)17-6-8/h2-7H,1H3,(H,12,13)(H,14,16). The molecule has 6 nitrogen and oxygen atoms in total. The van der Waals surface area contributed by atoms with Gasteiger partial charge in [-0.25, -0.2) is 9.78 Å². The first-order valence-corrected chi connectivity index (χ1v) is 5.06. The lowest BCUT2D eigenvalue weighted by molar-refractivity contribution is 0.0936. The van der Waals surface area contributed by atoms with Gasteiger partial charge in [-0.3, -0.25) is 4.79 Å². The third-order valence-corrected chi connectivity index (χ3v) is 2.24. The molecule has 0 saturated carbocycles. The largest absolute Gasteiger partial charge is 0.430 e. The predicted octanol–water partition coefficient (Wildman–Crippen LogP) is 0.854. The summed E-state index contributed by atoms with van der Waals surface area (Å²) >= 11 is 0. The SMILES string of the molecule is CC(NC(=O)c1ccc(=O)oc1)c1ncc[nH]1. The van der Waals surface area contributed by atoms with E-state index in [1.165, 1.54) is 12.1 Å². The van der Waals surface area contributed by atoms with Crippen molar-refractivity contribution in [1.29, 1.82) is 0 Å². The Morgan fingerprint density at radius 3 is 2.94 bits per heavy atom. The van der Waals surface area contributed by atoms with E-state index in [9.17, 15) is 9.59 Å². The van der Waals surface area contributed by atoms with Gasteiger partial charge in [0.15, 0.2) is 0 Å². The summed E-state index contributed by atoms with van der Waals surface area (Å²) in [5.74, 6) is 0.341. The summed E-state index contributed by atoms with van der Waals surface area (Å²) in [4.78, 5) is 29.4. The van der Waals surface area contributed by atoms with E-state index in [1.807, 2.05) is 0 Å². The number of amides is 1. The highest BCUT2D eigenvalue weighted by Crippen LogP contribution is 2.06.